The second kappa shape index (κ2) is 7.30. The Morgan fingerprint density at radius 3 is 1.83 bits per heavy atom. The van der Waals surface area contributed by atoms with Gasteiger partial charge in [-0.15, -0.1) is 0 Å². The maximum atomic E-state index is 5.48. The molecule has 0 radical (unpaired) electrons. The van der Waals surface area contributed by atoms with E-state index in [1.165, 1.54) is 5.69 Å². The van der Waals surface area contributed by atoms with E-state index in [2.05, 4.69) is 56.9 Å². The van der Waals surface area contributed by atoms with Gasteiger partial charge in [-0.3, -0.25) is 0 Å². The van der Waals surface area contributed by atoms with Gasteiger partial charge in [0.2, 0.25) is 0 Å². The fourth-order valence-electron chi connectivity index (χ4n) is 2.09. The van der Waals surface area contributed by atoms with Gasteiger partial charge in [0.25, 0.3) is 0 Å². The summed E-state index contributed by atoms with van der Waals surface area (Å²) in [5.41, 5.74) is 1.29. The van der Waals surface area contributed by atoms with Crippen molar-refractivity contribution in [2.24, 2.45) is 11.8 Å². The summed E-state index contributed by atoms with van der Waals surface area (Å²) in [6.07, 6.45) is 0. The highest BCUT2D eigenvalue weighted by Gasteiger charge is 2.10. The molecule has 1 rings (SSSR count). The highest BCUT2D eigenvalue weighted by atomic mass is 16.5. The lowest BCUT2D eigenvalue weighted by Crippen LogP contribution is -2.31. The van der Waals surface area contributed by atoms with E-state index in [-0.39, 0.29) is 0 Å². The lowest BCUT2D eigenvalue weighted by atomic mass is 10.1. The Balaban J connectivity index is 2.77. The first kappa shape index (κ1) is 14.9. The second-order valence-corrected chi connectivity index (χ2v) is 5.62. The molecule has 0 aliphatic carbocycles. The smallest absolute Gasteiger partial charge is 0.119 e. The molecule has 0 fully saturated rings. The van der Waals surface area contributed by atoms with Crippen LogP contribution in [0.3, 0.4) is 0 Å². The Morgan fingerprint density at radius 2 is 1.44 bits per heavy atom. The summed E-state index contributed by atoms with van der Waals surface area (Å²) in [7, 11) is 0. The summed E-state index contributed by atoms with van der Waals surface area (Å²) in [6, 6.07) is 8.45. The fourth-order valence-corrected chi connectivity index (χ4v) is 2.09. The third-order valence-electron chi connectivity index (χ3n) is 2.68. The van der Waals surface area contributed by atoms with E-state index in [4.69, 9.17) is 4.74 Å². The Labute approximate surface area is 112 Å². The molecule has 1 aromatic carbocycles. The average Bonchev–Trinajstić information content (AvgIpc) is 2.28. The predicted octanol–water partition coefficient (Wildman–Crippen LogP) is 4.20. The third kappa shape index (κ3) is 4.99. The lowest BCUT2D eigenvalue weighted by molar-refractivity contribution is 0.340. The van der Waals surface area contributed by atoms with Gasteiger partial charge in [-0.25, -0.2) is 0 Å². The Bertz CT molecular complexity index is 319. The van der Waals surface area contributed by atoms with E-state index >= 15 is 0 Å². The standard InChI is InChI=1S/C16H27NO/c1-6-18-16-9-7-15(8-10-16)17(11-13(2)3)12-14(4)5/h7-10,13-14H,6,11-12H2,1-5H3. The summed E-state index contributed by atoms with van der Waals surface area (Å²) < 4.78 is 5.48. The number of anilines is 1. The normalized spacial score (nSPS) is 11.1. The van der Waals surface area contributed by atoms with Crippen molar-refractivity contribution in [2.75, 3.05) is 24.6 Å². The van der Waals surface area contributed by atoms with Gasteiger partial charge in [0, 0.05) is 18.8 Å². The summed E-state index contributed by atoms with van der Waals surface area (Å²) in [6.45, 7) is 14.0. The van der Waals surface area contributed by atoms with Crippen LogP contribution < -0.4 is 9.64 Å². The number of ether oxygens (including phenoxy) is 1. The number of benzene rings is 1. The van der Waals surface area contributed by atoms with Gasteiger partial charge < -0.3 is 9.64 Å². The number of hydrogen-bond acceptors (Lipinski definition) is 2. The van der Waals surface area contributed by atoms with Crippen molar-refractivity contribution < 1.29 is 4.74 Å². The minimum Gasteiger partial charge on any atom is -0.494 e. The molecule has 0 heterocycles. The monoisotopic (exact) mass is 249 g/mol. The summed E-state index contributed by atoms with van der Waals surface area (Å²) in [5, 5.41) is 0. The van der Waals surface area contributed by atoms with Gasteiger partial charge in [-0.05, 0) is 43.0 Å². The molecule has 0 aliphatic rings. The maximum Gasteiger partial charge on any atom is 0.119 e. The van der Waals surface area contributed by atoms with Gasteiger partial charge >= 0.3 is 0 Å². The van der Waals surface area contributed by atoms with Crippen molar-refractivity contribution in [1.29, 1.82) is 0 Å². The van der Waals surface area contributed by atoms with Crippen LogP contribution in [0.15, 0.2) is 24.3 Å². The molecule has 18 heavy (non-hydrogen) atoms. The summed E-state index contributed by atoms with van der Waals surface area (Å²) in [5.74, 6) is 2.31. The van der Waals surface area contributed by atoms with E-state index in [0.29, 0.717) is 11.8 Å². The van der Waals surface area contributed by atoms with Gasteiger partial charge in [-0.1, -0.05) is 27.7 Å². The Morgan fingerprint density at radius 1 is 0.944 bits per heavy atom. The Kier molecular flexibility index (Phi) is 6.03. The zero-order valence-corrected chi connectivity index (χ0v) is 12.4. The van der Waals surface area contributed by atoms with E-state index in [0.717, 1.165) is 25.4 Å². The molecule has 0 saturated heterocycles. The molecule has 0 saturated carbocycles. The van der Waals surface area contributed by atoms with E-state index in [1.807, 2.05) is 6.92 Å². The number of rotatable bonds is 7. The van der Waals surface area contributed by atoms with E-state index in [9.17, 15) is 0 Å². The van der Waals surface area contributed by atoms with Gasteiger partial charge in [0.05, 0.1) is 6.61 Å². The minimum absolute atomic E-state index is 0.676. The molecule has 0 unspecified atom stereocenters. The molecule has 1 aromatic rings. The van der Waals surface area contributed by atoms with Crippen molar-refractivity contribution in [3.05, 3.63) is 24.3 Å². The molecule has 0 bridgehead atoms. The first-order chi connectivity index (χ1) is 8.52. The van der Waals surface area contributed by atoms with Crippen molar-refractivity contribution >= 4 is 5.69 Å². The molecular formula is C16H27NO. The Hall–Kier alpha value is -1.18. The highest BCUT2D eigenvalue weighted by molar-refractivity contribution is 5.49. The molecular weight excluding hydrogens is 222 g/mol. The van der Waals surface area contributed by atoms with Crippen molar-refractivity contribution in [1.82, 2.24) is 0 Å². The van der Waals surface area contributed by atoms with E-state index < -0.39 is 0 Å². The van der Waals surface area contributed by atoms with Crippen LogP contribution in [-0.2, 0) is 0 Å². The molecule has 2 nitrogen and oxygen atoms in total. The number of hydrogen-bond donors (Lipinski definition) is 0. The largest absolute Gasteiger partial charge is 0.494 e. The first-order valence-corrected chi connectivity index (χ1v) is 7.00. The van der Waals surface area contributed by atoms with Crippen LogP contribution in [0.25, 0.3) is 0 Å². The van der Waals surface area contributed by atoms with Crippen LogP contribution in [0, 0.1) is 11.8 Å². The molecule has 102 valence electrons. The van der Waals surface area contributed by atoms with E-state index in [1.54, 1.807) is 0 Å². The SMILES string of the molecule is CCOc1ccc(N(CC(C)C)CC(C)C)cc1. The van der Waals surface area contributed by atoms with Gasteiger partial charge in [-0.2, -0.15) is 0 Å². The van der Waals surface area contributed by atoms with Crippen LogP contribution in [-0.4, -0.2) is 19.7 Å². The molecule has 0 N–H and O–H groups in total. The quantitative estimate of drug-likeness (QED) is 0.718. The maximum absolute atomic E-state index is 5.48. The fraction of sp³-hybridized carbons (Fsp3) is 0.625. The molecule has 0 spiro atoms. The topological polar surface area (TPSA) is 12.5 Å². The highest BCUT2D eigenvalue weighted by Crippen LogP contribution is 2.21. The summed E-state index contributed by atoms with van der Waals surface area (Å²) >= 11 is 0. The minimum atomic E-state index is 0.676. The molecule has 2 heteroatoms. The van der Waals surface area contributed by atoms with Crippen molar-refractivity contribution in [2.45, 2.75) is 34.6 Å². The third-order valence-corrected chi connectivity index (χ3v) is 2.68. The predicted molar refractivity (Wildman–Crippen MR) is 79.5 cm³/mol. The zero-order chi connectivity index (χ0) is 13.5. The average molecular weight is 249 g/mol. The van der Waals surface area contributed by atoms with Crippen molar-refractivity contribution in [3.63, 3.8) is 0 Å². The molecule has 0 amide bonds. The van der Waals surface area contributed by atoms with Gasteiger partial charge in [0.1, 0.15) is 5.75 Å². The first-order valence-electron chi connectivity index (χ1n) is 7.00. The second-order valence-electron chi connectivity index (χ2n) is 5.62. The van der Waals surface area contributed by atoms with Crippen LogP contribution in [0.1, 0.15) is 34.6 Å². The van der Waals surface area contributed by atoms with Crippen LogP contribution in [0.5, 0.6) is 5.75 Å². The molecule has 0 atom stereocenters. The van der Waals surface area contributed by atoms with Crippen molar-refractivity contribution in [3.8, 4) is 5.75 Å². The molecule has 0 aliphatic heterocycles. The summed E-state index contributed by atoms with van der Waals surface area (Å²) in [4.78, 5) is 2.46. The molecule has 0 aromatic heterocycles. The van der Waals surface area contributed by atoms with Gasteiger partial charge in [0.15, 0.2) is 0 Å². The van der Waals surface area contributed by atoms with Crippen LogP contribution in [0.2, 0.25) is 0 Å². The lowest BCUT2D eigenvalue weighted by Gasteiger charge is -2.28. The zero-order valence-electron chi connectivity index (χ0n) is 12.4. The van der Waals surface area contributed by atoms with Crippen LogP contribution >= 0.6 is 0 Å². The number of nitrogens with zero attached hydrogens (tertiary/aromatic N) is 1. The van der Waals surface area contributed by atoms with Crippen LogP contribution in [0.4, 0.5) is 5.69 Å².